The van der Waals surface area contributed by atoms with Gasteiger partial charge in [0.1, 0.15) is 6.10 Å². The molecule has 1 unspecified atom stereocenters. The second-order valence-corrected chi connectivity index (χ2v) is 4.42. The van der Waals surface area contributed by atoms with Crippen molar-refractivity contribution in [3.8, 4) is 0 Å². The van der Waals surface area contributed by atoms with Crippen molar-refractivity contribution < 1.29 is 9.53 Å². The monoisotopic (exact) mass is 228 g/mol. The van der Waals surface area contributed by atoms with Gasteiger partial charge in [-0.2, -0.15) is 16.6 Å². The van der Waals surface area contributed by atoms with E-state index in [9.17, 15) is 4.79 Å². The molecular formula is C8H12N4O2S. The summed E-state index contributed by atoms with van der Waals surface area (Å²) in [5.41, 5.74) is 0. The molecule has 1 saturated heterocycles. The molecule has 2 heterocycles. The van der Waals surface area contributed by atoms with Gasteiger partial charge < -0.3 is 4.74 Å². The quantitative estimate of drug-likeness (QED) is 0.691. The van der Waals surface area contributed by atoms with Gasteiger partial charge in [-0.05, 0) is 5.21 Å². The van der Waals surface area contributed by atoms with Crippen molar-refractivity contribution in [2.75, 3.05) is 18.1 Å². The van der Waals surface area contributed by atoms with Crippen LogP contribution in [-0.4, -0.2) is 50.2 Å². The first kappa shape index (κ1) is 10.6. The molecule has 0 aliphatic carbocycles. The maximum absolute atomic E-state index is 11.7. The van der Waals surface area contributed by atoms with Gasteiger partial charge in [0.15, 0.2) is 11.6 Å². The molecule has 0 bridgehead atoms. The molecule has 1 aromatic rings. The standard InChI is InChI=1S/C8H12N4O2S/c1-12-10-8(9-11-12)4-6(13)7-5-15-3-2-14-7/h7H,2-5H2,1H3. The Morgan fingerprint density at radius 1 is 1.73 bits per heavy atom. The Morgan fingerprint density at radius 2 is 2.60 bits per heavy atom. The third-order valence-corrected chi connectivity index (χ3v) is 3.05. The van der Waals surface area contributed by atoms with Crippen molar-refractivity contribution in [1.29, 1.82) is 0 Å². The zero-order valence-corrected chi connectivity index (χ0v) is 9.24. The first-order valence-corrected chi connectivity index (χ1v) is 5.86. The maximum atomic E-state index is 11.7. The lowest BCUT2D eigenvalue weighted by Gasteiger charge is -2.20. The first-order valence-electron chi connectivity index (χ1n) is 4.70. The summed E-state index contributed by atoms with van der Waals surface area (Å²) in [6, 6.07) is 0. The number of thioether (sulfide) groups is 1. The number of ether oxygens (including phenoxy) is 1. The molecule has 1 aliphatic rings. The largest absolute Gasteiger partial charge is 0.369 e. The second-order valence-electron chi connectivity index (χ2n) is 3.27. The third kappa shape index (κ3) is 2.75. The smallest absolute Gasteiger partial charge is 0.182 e. The number of aromatic nitrogens is 4. The summed E-state index contributed by atoms with van der Waals surface area (Å²) < 4.78 is 5.37. The summed E-state index contributed by atoms with van der Waals surface area (Å²) >= 11 is 1.74. The molecule has 0 saturated carbocycles. The zero-order chi connectivity index (χ0) is 10.7. The number of hydrogen-bond acceptors (Lipinski definition) is 6. The van der Waals surface area contributed by atoms with Gasteiger partial charge in [-0.3, -0.25) is 4.79 Å². The molecule has 7 heteroatoms. The molecule has 0 spiro atoms. The molecule has 6 nitrogen and oxygen atoms in total. The Kier molecular flexibility index (Phi) is 3.32. The lowest BCUT2D eigenvalue weighted by atomic mass is 10.2. The molecule has 2 rings (SSSR count). The van der Waals surface area contributed by atoms with Gasteiger partial charge in [-0.1, -0.05) is 0 Å². The molecular weight excluding hydrogens is 216 g/mol. The second kappa shape index (κ2) is 4.71. The predicted octanol–water partition coefficient (Wildman–Crippen LogP) is -0.546. The number of tetrazole rings is 1. The van der Waals surface area contributed by atoms with Gasteiger partial charge in [-0.15, -0.1) is 10.2 Å². The van der Waals surface area contributed by atoms with E-state index in [0.717, 1.165) is 11.5 Å². The summed E-state index contributed by atoms with van der Waals surface area (Å²) in [4.78, 5) is 13.1. The van der Waals surface area contributed by atoms with E-state index < -0.39 is 0 Å². The normalized spacial score (nSPS) is 21.5. The summed E-state index contributed by atoms with van der Waals surface area (Å²) in [6.45, 7) is 0.648. The lowest BCUT2D eigenvalue weighted by molar-refractivity contribution is -0.128. The number of ketones is 1. The average Bonchev–Trinajstić information content (AvgIpc) is 2.65. The SMILES string of the molecule is Cn1nnc(CC(=O)C2CSCCO2)n1. The molecule has 1 aliphatic heterocycles. The van der Waals surface area contributed by atoms with E-state index in [1.165, 1.54) is 4.80 Å². The van der Waals surface area contributed by atoms with Crippen LogP contribution < -0.4 is 0 Å². The fourth-order valence-electron chi connectivity index (χ4n) is 1.34. The van der Waals surface area contributed by atoms with Crippen LogP contribution in [0.3, 0.4) is 0 Å². The van der Waals surface area contributed by atoms with E-state index in [1.807, 2.05) is 0 Å². The highest BCUT2D eigenvalue weighted by atomic mass is 32.2. The highest BCUT2D eigenvalue weighted by molar-refractivity contribution is 7.99. The third-order valence-electron chi connectivity index (χ3n) is 2.06. The van der Waals surface area contributed by atoms with E-state index in [1.54, 1.807) is 18.8 Å². The van der Waals surface area contributed by atoms with Crippen LogP contribution in [0.2, 0.25) is 0 Å². The van der Waals surface area contributed by atoms with Gasteiger partial charge in [0.25, 0.3) is 0 Å². The van der Waals surface area contributed by atoms with Crippen LogP contribution in [0.25, 0.3) is 0 Å². The van der Waals surface area contributed by atoms with E-state index in [0.29, 0.717) is 12.4 Å². The maximum Gasteiger partial charge on any atom is 0.182 e. The highest BCUT2D eigenvalue weighted by Crippen LogP contribution is 2.14. The van der Waals surface area contributed by atoms with Gasteiger partial charge in [-0.25, -0.2) is 0 Å². The molecule has 1 fully saturated rings. The fraction of sp³-hybridized carbons (Fsp3) is 0.750. The molecule has 1 atom stereocenters. The molecule has 15 heavy (non-hydrogen) atoms. The van der Waals surface area contributed by atoms with Crippen molar-refractivity contribution in [2.45, 2.75) is 12.5 Å². The summed E-state index contributed by atoms with van der Waals surface area (Å²) in [5, 5.41) is 11.4. The Bertz CT molecular complexity index is 348. The summed E-state index contributed by atoms with van der Waals surface area (Å²) in [7, 11) is 1.67. The number of nitrogens with zero attached hydrogens (tertiary/aromatic N) is 4. The number of carbonyl (C=O) groups excluding carboxylic acids is 1. The minimum absolute atomic E-state index is 0.0372. The summed E-state index contributed by atoms with van der Waals surface area (Å²) in [6.07, 6.45) is -0.0912. The number of hydrogen-bond donors (Lipinski definition) is 0. The first-order chi connectivity index (χ1) is 7.25. The Balaban J connectivity index is 1.91. The highest BCUT2D eigenvalue weighted by Gasteiger charge is 2.23. The molecule has 1 aromatic heterocycles. The van der Waals surface area contributed by atoms with Crippen LogP contribution >= 0.6 is 11.8 Å². The van der Waals surface area contributed by atoms with Crippen LogP contribution in [0.15, 0.2) is 0 Å². The van der Waals surface area contributed by atoms with Crippen LogP contribution in [0.5, 0.6) is 0 Å². The topological polar surface area (TPSA) is 69.9 Å². The van der Waals surface area contributed by atoms with Gasteiger partial charge in [0, 0.05) is 11.5 Å². The predicted molar refractivity (Wildman–Crippen MR) is 54.6 cm³/mol. The minimum Gasteiger partial charge on any atom is -0.369 e. The van der Waals surface area contributed by atoms with Crippen molar-refractivity contribution >= 4 is 17.5 Å². The molecule has 0 radical (unpaired) electrons. The summed E-state index contributed by atoms with van der Waals surface area (Å²) in [5.74, 6) is 2.20. The van der Waals surface area contributed by atoms with Gasteiger partial charge >= 0.3 is 0 Å². The minimum atomic E-state index is -0.299. The van der Waals surface area contributed by atoms with E-state index in [-0.39, 0.29) is 18.3 Å². The lowest BCUT2D eigenvalue weighted by Crippen LogP contribution is -2.32. The van der Waals surface area contributed by atoms with E-state index in [4.69, 9.17) is 4.74 Å². The van der Waals surface area contributed by atoms with Crippen molar-refractivity contribution in [1.82, 2.24) is 20.2 Å². The number of Topliss-reactive ketones (excluding diaryl/α,β-unsaturated/α-hetero) is 1. The Labute approximate surface area is 91.4 Å². The Morgan fingerprint density at radius 3 is 3.20 bits per heavy atom. The van der Waals surface area contributed by atoms with Crippen LogP contribution in [0.4, 0.5) is 0 Å². The number of aryl methyl sites for hydroxylation is 1. The average molecular weight is 228 g/mol. The van der Waals surface area contributed by atoms with Crippen molar-refractivity contribution in [2.24, 2.45) is 7.05 Å². The van der Waals surface area contributed by atoms with Crippen LogP contribution in [-0.2, 0) is 23.0 Å². The number of carbonyl (C=O) groups is 1. The van der Waals surface area contributed by atoms with E-state index >= 15 is 0 Å². The van der Waals surface area contributed by atoms with Crippen molar-refractivity contribution in [3.05, 3.63) is 5.82 Å². The van der Waals surface area contributed by atoms with Gasteiger partial charge in [0.2, 0.25) is 0 Å². The molecule has 0 N–H and O–H groups in total. The Hall–Kier alpha value is -0.950. The van der Waals surface area contributed by atoms with Crippen molar-refractivity contribution in [3.63, 3.8) is 0 Å². The molecule has 0 aromatic carbocycles. The number of rotatable bonds is 3. The zero-order valence-electron chi connectivity index (χ0n) is 8.42. The van der Waals surface area contributed by atoms with E-state index in [2.05, 4.69) is 15.4 Å². The molecule has 82 valence electrons. The van der Waals surface area contributed by atoms with Crippen LogP contribution in [0.1, 0.15) is 5.82 Å². The van der Waals surface area contributed by atoms with Gasteiger partial charge in [0.05, 0.1) is 20.1 Å². The van der Waals surface area contributed by atoms with Crippen LogP contribution in [0, 0.1) is 0 Å². The fourth-order valence-corrected chi connectivity index (χ4v) is 2.21. The molecule has 0 amide bonds.